The van der Waals surface area contributed by atoms with E-state index < -0.39 is 0 Å². The van der Waals surface area contributed by atoms with E-state index in [0.29, 0.717) is 44.4 Å². The van der Waals surface area contributed by atoms with Crippen molar-refractivity contribution in [2.75, 3.05) is 33.3 Å². The number of pyridine rings is 1. The molecule has 1 fully saturated rings. The topological polar surface area (TPSA) is 84.7 Å². The third-order valence-electron chi connectivity index (χ3n) is 5.84. The number of hydrogen-bond donors (Lipinski definition) is 1. The molecule has 1 amide bonds. The number of fused-ring (bicyclic) bond motifs is 1. The minimum Gasteiger partial charge on any atom is -0.493 e. The highest BCUT2D eigenvalue weighted by molar-refractivity contribution is 6.36. The number of amides is 1. The summed E-state index contributed by atoms with van der Waals surface area (Å²) in [6, 6.07) is 4.88. The first-order chi connectivity index (χ1) is 16.0. The van der Waals surface area contributed by atoms with Gasteiger partial charge in [0.1, 0.15) is 0 Å². The van der Waals surface area contributed by atoms with Crippen molar-refractivity contribution in [3.63, 3.8) is 0 Å². The highest BCUT2D eigenvalue weighted by Gasteiger charge is 2.22. The maximum absolute atomic E-state index is 13.1. The van der Waals surface area contributed by atoms with Gasteiger partial charge in [0.25, 0.3) is 5.91 Å². The standard InChI is InChI=1S/C24H25Cl2N3O4/c1-32-21-6-5-15(20(30)11-17-18(25)13-27-14-19(17)26)16-12-22(33-23(16)21)24(31)28-7-10-29-8-3-2-4-9-29/h5-6,12-14H,2-4,7-11H2,1H3,(H,28,31). The van der Waals surface area contributed by atoms with Crippen LogP contribution in [0.3, 0.4) is 0 Å². The van der Waals surface area contributed by atoms with Gasteiger partial charge in [-0.15, -0.1) is 0 Å². The highest BCUT2D eigenvalue weighted by Crippen LogP contribution is 2.33. The second kappa shape index (κ2) is 10.5. The summed E-state index contributed by atoms with van der Waals surface area (Å²) in [5, 5.41) is 4.05. The van der Waals surface area contributed by atoms with Crippen molar-refractivity contribution in [1.82, 2.24) is 15.2 Å². The minimum absolute atomic E-state index is 0.00976. The number of nitrogens with one attached hydrogen (secondary N) is 1. The average Bonchev–Trinajstić information content (AvgIpc) is 3.27. The molecule has 9 heteroatoms. The summed E-state index contributed by atoms with van der Waals surface area (Å²) in [4.78, 5) is 32.1. The number of piperidine rings is 1. The monoisotopic (exact) mass is 489 g/mol. The van der Waals surface area contributed by atoms with E-state index in [2.05, 4.69) is 15.2 Å². The number of ether oxygens (including phenoxy) is 1. The zero-order valence-corrected chi connectivity index (χ0v) is 19.8. The summed E-state index contributed by atoms with van der Waals surface area (Å²) in [5.74, 6) is 0.0236. The minimum atomic E-state index is -0.330. The van der Waals surface area contributed by atoms with Gasteiger partial charge in [0.2, 0.25) is 0 Å². The molecular formula is C24H25Cl2N3O4. The van der Waals surface area contributed by atoms with Crippen LogP contribution < -0.4 is 10.1 Å². The quantitative estimate of drug-likeness (QED) is 0.458. The number of likely N-dealkylation sites (tertiary alicyclic amines) is 1. The Hall–Kier alpha value is -2.61. The summed E-state index contributed by atoms with van der Waals surface area (Å²) in [7, 11) is 1.51. The van der Waals surface area contributed by atoms with Crippen molar-refractivity contribution < 1.29 is 18.7 Å². The van der Waals surface area contributed by atoms with Crippen molar-refractivity contribution in [3.05, 3.63) is 57.5 Å². The third-order valence-corrected chi connectivity index (χ3v) is 6.49. The van der Waals surface area contributed by atoms with Crippen molar-refractivity contribution >= 4 is 45.9 Å². The second-order valence-corrected chi connectivity index (χ2v) is 8.82. The smallest absolute Gasteiger partial charge is 0.287 e. The lowest BCUT2D eigenvalue weighted by atomic mass is 10.00. The number of ketones is 1. The van der Waals surface area contributed by atoms with E-state index in [4.69, 9.17) is 32.4 Å². The normalized spacial score (nSPS) is 14.4. The Kier molecular flexibility index (Phi) is 7.53. The number of methoxy groups -OCH3 is 1. The SMILES string of the molecule is COc1ccc(C(=O)Cc2c(Cl)cncc2Cl)c2cc(C(=O)NCCN3CCCCC3)oc12. The lowest BCUT2D eigenvalue weighted by Crippen LogP contribution is -2.37. The van der Waals surface area contributed by atoms with Crippen LogP contribution in [0.25, 0.3) is 11.0 Å². The molecule has 1 aliphatic heterocycles. The summed E-state index contributed by atoms with van der Waals surface area (Å²) >= 11 is 12.4. The van der Waals surface area contributed by atoms with E-state index in [1.54, 1.807) is 18.2 Å². The van der Waals surface area contributed by atoms with Crippen LogP contribution in [0.15, 0.2) is 35.0 Å². The van der Waals surface area contributed by atoms with Crippen LogP contribution in [0.1, 0.15) is 45.7 Å². The molecule has 0 bridgehead atoms. The van der Waals surface area contributed by atoms with Crippen molar-refractivity contribution in [2.45, 2.75) is 25.7 Å². The lowest BCUT2D eigenvalue weighted by Gasteiger charge is -2.26. The zero-order chi connectivity index (χ0) is 23.4. The molecule has 0 unspecified atom stereocenters. The molecule has 1 saturated heterocycles. The van der Waals surface area contributed by atoms with Crippen LogP contribution in [0.5, 0.6) is 5.75 Å². The Morgan fingerprint density at radius 3 is 2.58 bits per heavy atom. The molecule has 0 spiro atoms. The molecule has 0 atom stereocenters. The molecule has 0 saturated carbocycles. The Bertz CT molecular complexity index is 1150. The lowest BCUT2D eigenvalue weighted by molar-refractivity contribution is 0.0920. The Labute approximate surface area is 202 Å². The van der Waals surface area contributed by atoms with Gasteiger partial charge in [0, 0.05) is 48.4 Å². The molecule has 0 aliphatic carbocycles. The van der Waals surface area contributed by atoms with Gasteiger partial charge in [0.05, 0.1) is 17.2 Å². The van der Waals surface area contributed by atoms with E-state index in [1.807, 2.05) is 0 Å². The number of aromatic nitrogens is 1. The number of hydrogen-bond acceptors (Lipinski definition) is 6. The number of Topliss-reactive ketones (excluding diaryl/α,β-unsaturated/α-hetero) is 1. The van der Waals surface area contributed by atoms with Gasteiger partial charge in [-0.05, 0) is 44.1 Å². The van der Waals surface area contributed by atoms with Gasteiger partial charge in [-0.2, -0.15) is 0 Å². The highest BCUT2D eigenvalue weighted by atomic mass is 35.5. The number of furan rings is 1. The van der Waals surface area contributed by atoms with Crippen molar-refractivity contribution in [2.24, 2.45) is 0 Å². The first kappa shape index (κ1) is 23.5. The summed E-state index contributed by atoms with van der Waals surface area (Å²) in [6.07, 6.45) is 6.55. The first-order valence-electron chi connectivity index (χ1n) is 10.9. The van der Waals surface area contributed by atoms with Gasteiger partial charge in [-0.1, -0.05) is 29.6 Å². The van der Waals surface area contributed by atoms with Crippen LogP contribution in [-0.2, 0) is 6.42 Å². The molecular weight excluding hydrogens is 465 g/mol. The number of nitrogens with zero attached hydrogens (tertiary/aromatic N) is 2. The molecule has 1 N–H and O–H groups in total. The van der Waals surface area contributed by atoms with Crippen LogP contribution >= 0.6 is 23.2 Å². The van der Waals surface area contributed by atoms with Crippen LogP contribution in [0, 0.1) is 0 Å². The van der Waals surface area contributed by atoms with E-state index in [1.165, 1.54) is 38.8 Å². The molecule has 3 heterocycles. The molecule has 174 valence electrons. The number of rotatable bonds is 8. The number of carbonyl (C=O) groups is 2. The van der Waals surface area contributed by atoms with Gasteiger partial charge in [-0.25, -0.2) is 0 Å². The number of carbonyl (C=O) groups excluding carboxylic acids is 2. The van der Waals surface area contributed by atoms with Crippen LogP contribution in [0.4, 0.5) is 0 Å². The van der Waals surface area contributed by atoms with Crippen molar-refractivity contribution in [1.29, 1.82) is 0 Å². The fourth-order valence-electron chi connectivity index (χ4n) is 4.07. The summed E-state index contributed by atoms with van der Waals surface area (Å²) in [6.45, 7) is 3.45. The van der Waals surface area contributed by atoms with Crippen molar-refractivity contribution in [3.8, 4) is 5.75 Å². The molecule has 7 nitrogen and oxygen atoms in total. The Balaban J connectivity index is 1.54. The molecule has 2 aromatic heterocycles. The summed E-state index contributed by atoms with van der Waals surface area (Å²) < 4.78 is 11.2. The fourth-order valence-corrected chi connectivity index (χ4v) is 4.57. The van der Waals surface area contributed by atoms with Crippen LogP contribution in [-0.4, -0.2) is 54.9 Å². The van der Waals surface area contributed by atoms with Crippen LogP contribution in [0.2, 0.25) is 10.0 Å². The molecule has 4 rings (SSSR count). The van der Waals surface area contributed by atoms with E-state index in [0.717, 1.165) is 19.6 Å². The Morgan fingerprint density at radius 2 is 1.88 bits per heavy atom. The predicted octanol–water partition coefficient (Wildman–Crippen LogP) is 4.78. The van der Waals surface area contributed by atoms with Gasteiger partial charge < -0.3 is 19.4 Å². The van der Waals surface area contributed by atoms with Gasteiger partial charge in [-0.3, -0.25) is 14.6 Å². The Morgan fingerprint density at radius 1 is 1.15 bits per heavy atom. The van der Waals surface area contributed by atoms with Gasteiger partial charge >= 0.3 is 0 Å². The maximum Gasteiger partial charge on any atom is 0.287 e. The first-order valence-corrected chi connectivity index (χ1v) is 11.7. The predicted molar refractivity (Wildman–Crippen MR) is 128 cm³/mol. The molecule has 1 aromatic carbocycles. The third kappa shape index (κ3) is 5.32. The zero-order valence-electron chi connectivity index (χ0n) is 18.3. The largest absolute Gasteiger partial charge is 0.493 e. The average molecular weight is 490 g/mol. The molecule has 1 aliphatic rings. The fraction of sp³-hybridized carbons (Fsp3) is 0.375. The second-order valence-electron chi connectivity index (χ2n) is 8.01. The van der Waals surface area contributed by atoms with Gasteiger partial charge in [0.15, 0.2) is 22.9 Å². The maximum atomic E-state index is 13.1. The van der Waals surface area contributed by atoms with E-state index >= 15 is 0 Å². The number of benzene rings is 1. The molecule has 33 heavy (non-hydrogen) atoms. The summed E-state index contributed by atoms with van der Waals surface area (Å²) in [5.41, 5.74) is 1.24. The molecule has 0 radical (unpaired) electrons. The van der Waals surface area contributed by atoms with E-state index in [9.17, 15) is 9.59 Å². The number of halogens is 2. The van der Waals surface area contributed by atoms with E-state index in [-0.39, 0.29) is 23.9 Å². The molecule has 3 aromatic rings.